The lowest BCUT2D eigenvalue weighted by atomic mass is 9.99. The molecule has 104 valence electrons. The standard InChI is InChI=1S/C13H10O7/c1-2-7-19-13(18)20-9-5-3-8(4-6-9)10(11(14)15)12(16)17/h3-6,10H,1H3,(H,14,15)(H,16,17). The number of carbonyl (C=O) groups excluding carboxylic acids is 1. The zero-order valence-corrected chi connectivity index (χ0v) is 10.3. The van der Waals surface area contributed by atoms with Crippen LogP contribution in [-0.2, 0) is 14.3 Å². The lowest BCUT2D eigenvalue weighted by molar-refractivity contribution is -0.150. The molecule has 0 unspecified atom stereocenters. The molecule has 0 atom stereocenters. The predicted molar refractivity (Wildman–Crippen MR) is 65.0 cm³/mol. The first-order valence-corrected chi connectivity index (χ1v) is 5.31. The van der Waals surface area contributed by atoms with E-state index in [-0.39, 0.29) is 11.3 Å². The third-order valence-corrected chi connectivity index (χ3v) is 2.14. The summed E-state index contributed by atoms with van der Waals surface area (Å²) in [5, 5.41) is 17.6. The van der Waals surface area contributed by atoms with Crippen molar-refractivity contribution in [2.75, 3.05) is 0 Å². The molecule has 0 amide bonds. The van der Waals surface area contributed by atoms with E-state index in [4.69, 9.17) is 14.9 Å². The van der Waals surface area contributed by atoms with E-state index in [1.165, 1.54) is 31.2 Å². The van der Waals surface area contributed by atoms with Crippen LogP contribution in [0.2, 0.25) is 0 Å². The summed E-state index contributed by atoms with van der Waals surface area (Å²) in [5.41, 5.74) is 0.0547. The first-order chi connectivity index (χ1) is 9.45. The van der Waals surface area contributed by atoms with E-state index in [0.717, 1.165) is 0 Å². The number of benzene rings is 1. The quantitative estimate of drug-likeness (QED) is 0.371. The smallest absolute Gasteiger partial charge is 0.480 e. The third-order valence-electron chi connectivity index (χ3n) is 2.14. The van der Waals surface area contributed by atoms with Gasteiger partial charge in [0, 0.05) is 6.92 Å². The summed E-state index contributed by atoms with van der Waals surface area (Å²) in [6.07, 6.45) is 1.01. The molecule has 7 heteroatoms. The number of carboxylic acid groups (broad SMARTS) is 2. The molecule has 0 aliphatic heterocycles. The Kier molecular flexibility index (Phi) is 5.12. The maximum absolute atomic E-state index is 11.1. The van der Waals surface area contributed by atoms with Crippen molar-refractivity contribution in [3.8, 4) is 17.8 Å². The molecule has 0 aliphatic rings. The topological polar surface area (TPSA) is 110 Å². The second kappa shape index (κ2) is 6.80. The molecule has 0 saturated heterocycles. The zero-order valence-electron chi connectivity index (χ0n) is 10.3. The molecule has 7 nitrogen and oxygen atoms in total. The van der Waals surface area contributed by atoms with E-state index in [9.17, 15) is 14.4 Å². The number of aliphatic carboxylic acids is 2. The van der Waals surface area contributed by atoms with Crippen LogP contribution in [0.1, 0.15) is 18.4 Å². The highest BCUT2D eigenvalue weighted by molar-refractivity contribution is 5.99. The minimum absolute atomic E-state index is 0.0547. The van der Waals surface area contributed by atoms with Gasteiger partial charge in [0.1, 0.15) is 11.9 Å². The monoisotopic (exact) mass is 278 g/mol. The van der Waals surface area contributed by atoms with Crippen molar-refractivity contribution in [2.24, 2.45) is 0 Å². The minimum Gasteiger partial charge on any atom is -0.480 e. The van der Waals surface area contributed by atoms with Crippen molar-refractivity contribution in [3.05, 3.63) is 29.8 Å². The van der Waals surface area contributed by atoms with E-state index < -0.39 is 24.0 Å². The molecule has 1 aromatic rings. The molecule has 20 heavy (non-hydrogen) atoms. The van der Waals surface area contributed by atoms with Gasteiger partial charge in [-0.2, -0.15) is 0 Å². The van der Waals surface area contributed by atoms with Gasteiger partial charge in [-0.05, 0) is 17.7 Å². The van der Waals surface area contributed by atoms with Crippen LogP contribution >= 0.6 is 0 Å². The third kappa shape index (κ3) is 4.03. The Morgan fingerprint density at radius 3 is 2.10 bits per heavy atom. The SMILES string of the molecule is CC#COC(=O)Oc1ccc(C(C(=O)O)C(=O)O)cc1. The Labute approximate surface area is 113 Å². The average molecular weight is 278 g/mol. The highest BCUT2D eigenvalue weighted by atomic mass is 16.7. The predicted octanol–water partition coefficient (Wildman–Crippen LogP) is 1.44. The Hall–Kier alpha value is -3.01. The molecule has 0 aliphatic carbocycles. The van der Waals surface area contributed by atoms with Crippen molar-refractivity contribution in [1.29, 1.82) is 0 Å². The number of hydrogen-bond acceptors (Lipinski definition) is 5. The van der Waals surface area contributed by atoms with Crippen LogP contribution < -0.4 is 4.74 Å². The molecular weight excluding hydrogens is 268 g/mol. The molecule has 1 rings (SSSR count). The maximum atomic E-state index is 11.1. The fourth-order valence-electron chi connectivity index (χ4n) is 1.33. The highest BCUT2D eigenvalue weighted by Crippen LogP contribution is 2.20. The fraction of sp³-hybridized carbons (Fsp3) is 0.154. The van der Waals surface area contributed by atoms with Gasteiger partial charge in [-0.1, -0.05) is 18.1 Å². The molecule has 0 heterocycles. The van der Waals surface area contributed by atoms with Crippen LogP contribution in [0.5, 0.6) is 5.75 Å². The maximum Gasteiger partial charge on any atom is 0.528 e. The van der Waals surface area contributed by atoms with Gasteiger partial charge in [-0.15, -0.1) is 0 Å². The van der Waals surface area contributed by atoms with Gasteiger partial charge in [0.25, 0.3) is 0 Å². The van der Waals surface area contributed by atoms with Gasteiger partial charge in [0.05, 0.1) is 0 Å². The molecule has 0 bridgehead atoms. The first-order valence-electron chi connectivity index (χ1n) is 5.31. The minimum atomic E-state index is -1.68. The van der Waals surface area contributed by atoms with E-state index in [1.807, 2.05) is 6.11 Å². The average Bonchev–Trinajstić information content (AvgIpc) is 2.37. The van der Waals surface area contributed by atoms with Gasteiger partial charge in [0.2, 0.25) is 0 Å². The van der Waals surface area contributed by atoms with Gasteiger partial charge in [-0.3, -0.25) is 9.59 Å². The van der Waals surface area contributed by atoms with E-state index >= 15 is 0 Å². The van der Waals surface area contributed by atoms with Crippen molar-refractivity contribution in [1.82, 2.24) is 0 Å². The van der Waals surface area contributed by atoms with Gasteiger partial charge < -0.3 is 19.7 Å². The largest absolute Gasteiger partial charge is 0.528 e. The van der Waals surface area contributed by atoms with Crippen molar-refractivity contribution < 1.29 is 34.1 Å². The Bertz CT molecular complexity index is 563. The summed E-state index contributed by atoms with van der Waals surface area (Å²) in [5.74, 6) is -2.24. The van der Waals surface area contributed by atoms with Crippen LogP contribution in [0.15, 0.2) is 24.3 Å². The van der Waals surface area contributed by atoms with Crippen molar-refractivity contribution in [3.63, 3.8) is 0 Å². The summed E-state index contributed by atoms with van der Waals surface area (Å²) >= 11 is 0. The summed E-state index contributed by atoms with van der Waals surface area (Å²) in [6, 6.07) is 4.99. The summed E-state index contributed by atoms with van der Waals surface area (Å²) < 4.78 is 9.05. The second-order valence-corrected chi connectivity index (χ2v) is 3.48. The van der Waals surface area contributed by atoms with E-state index in [1.54, 1.807) is 0 Å². The number of hydrogen-bond donors (Lipinski definition) is 2. The number of rotatable bonds is 4. The van der Waals surface area contributed by atoms with Crippen LogP contribution in [0, 0.1) is 12.0 Å². The van der Waals surface area contributed by atoms with Crippen LogP contribution in [-0.4, -0.2) is 28.3 Å². The Morgan fingerprint density at radius 1 is 1.10 bits per heavy atom. The van der Waals surface area contributed by atoms with Crippen molar-refractivity contribution >= 4 is 18.1 Å². The van der Waals surface area contributed by atoms with Crippen LogP contribution in [0.25, 0.3) is 0 Å². The fourth-order valence-corrected chi connectivity index (χ4v) is 1.33. The molecule has 0 saturated carbocycles. The van der Waals surface area contributed by atoms with Gasteiger partial charge >= 0.3 is 18.1 Å². The number of carboxylic acids is 2. The molecule has 0 aromatic heterocycles. The molecule has 1 aromatic carbocycles. The summed E-state index contributed by atoms with van der Waals surface area (Å²) in [6.45, 7) is 1.47. The van der Waals surface area contributed by atoms with Gasteiger partial charge in [-0.25, -0.2) is 4.79 Å². The summed E-state index contributed by atoms with van der Waals surface area (Å²) in [7, 11) is 0. The normalized spacial score (nSPS) is 9.30. The molecular formula is C13H10O7. The molecule has 0 spiro atoms. The van der Waals surface area contributed by atoms with E-state index in [0.29, 0.717) is 0 Å². The van der Waals surface area contributed by atoms with Crippen LogP contribution in [0.4, 0.5) is 4.79 Å². The van der Waals surface area contributed by atoms with Gasteiger partial charge in [0.15, 0.2) is 5.92 Å². The van der Waals surface area contributed by atoms with Crippen LogP contribution in [0.3, 0.4) is 0 Å². The Balaban J connectivity index is 2.82. The highest BCUT2D eigenvalue weighted by Gasteiger charge is 2.27. The first kappa shape index (κ1) is 15.0. The van der Waals surface area contributed by atoms with Crippen molar-refractivity contribution in [2.45, 2.75) is 12.8 Å². The van der Waals surface area contributed by atoms with E-state index in [2.05, 4.69) is 10.7 Å². The molecule has 0 fully saturated rings. The molecule has 0 radical (unpaired) electrons. The zero-order chi connectivity index (χ0) is 15.1. The second-order valence-electron chi connectivity index (χ2n) is 3.48. The lowest BCUT2D eigenvalue weighted by Crippen LogP contribution is -2.20. The lowest BCUT2D eigenvalue weighted by Gasteiger charge is -2.08. The number of carbonyl (C=O) groups is 3. The Morgan fingerprint density at radius 2 is 1.65 bits per heavy atom. The summed E-state index contributed by atoms with van der Waals surface area (Å²) in [4.78, 5) is 32.7. The molecule has 2 N–H and O–H groups in total. The number of ether oxygens (including phenoxy) is 2.